The number of anilines is 1. The van der Waals surface area contributed by atoms with E-state index in [9.17, 15) is 9.59 Å². The fourth-order valence-electron chi connectivity index (χ4n) is 2.21. The van der Waals surface area contributed by atoms with E-state index in [1.165, 1.54) is 4.90 Å². The molecule has 1 saturated heterocycles. The zero-order chi connectivity index (χ0) is 14.5. The van der Waals surface area contributed by atoms with Crippen molar-refractivity contribution in [1.29, 1.82) is 0 Å². The second-order valence-corrected chi connectivity index (χ2v) is 5.10. The van der Waals surface area contributed by atoms with Gasteiger partial charge in [0.1, 0.15) is 0 Å². The monoisotopic (exact) mass is 275 g/mol. The summed E-state index contributed by atoms with van der Waals surface area (Å²) in [7, 11) is 1.64. The molecule has 1 aromatic carbocycles. The number of carbonyl (C=O) groups is 2. The Bertz CT molecular complexity index is 476. The van der Waals surface area contributed by atoms with Crippen LogP contribution in [0, 0.1) is 6.92 Å². The van der Waals surface area contributed by atoms with Gasteiger partial charge in [0, 0.05) is 32.4 Å². The molecule has 1 aliphatic heterocycles. The second-order valence-electron chi connectivity index (χ2n) is 5.10. The number of hydrogen-bond acceptors (Lipinski definition) is 3. The molecular weight excluding hydrogens is 254 g/mol. The third-order valence-electron chi connectivity index (χ3n) is 3.54. The first-order chi connectivity index (χ1) is 9.59. The van der Waals surface area contributed by atoms with E-state index in [1.807, 2.05) is 31.2 Å². The Labute approximate surface area is 119 Å². The average Bonchev–Trinajstić information content (AvgIpc) is 2.75. The van der Waals surface area contributed by atoms with Crippen LogP contribution in [-0.2, 0) is 9.59 Å². The molecular formula is C15H21N3O2. The molecule has 0 atom stereocenters. The van der Waals surface area contributed by atoms with Gasteiger partial charge in [-0.3, -0.25) is 9.59 Å². The standard InChI is InChI=1S/C15H21N3O2/c1-12-4-6-13(7-5-12)17(2)14(19)15(20)18-10-3-8-16-9-11-18/h4-7,16H,3,8-11H2,1-2H3. The van der Waals surface area contributed by atoms with Crippen molar-refractivity contribution in [3.05, 3.63) is 29.8 Å². The zero-order valence-electron chi connectivity index (χ0n) is 12.1. The van der Waals surface area contributed by atoms with E-state index < -0.39 is 11.8 Å². The Balaban J connectivity index is 2.05. The maximum atomic E-state index is 12.3. The molecule has 0 unspecified atom stereocenters. The van der Waals surface area contributed by atoms with Crippen LogP contribution in [0.2, 0.25) is 0 Å². The molecule has 1 heterocycles. The SMILES string of the molecule is Cc1ccc(N(C)C(=O)C(=O)N2CCCNCC2)cc1. The van der Waals surface area contributed by atoms with Crippen LogP contribution in [0.3, 0.4) is 0 Å². The lowest BCUT2D eigenvalue weighted by Gasteiger charge is -2.23. The van der Waals surface area contributed by atoms with Crippen molar-refractivity contribution in [3.63, 3.8) is 0 Å². The number of carbonyl (C=O) groups excluding carboxylic acids is 2. The lowest BCUT2D eigenvalue weighted by atomic mass is 10.2. The first kappa shape index (κ1) is 14.5. The molecule has 1 aliphatic rings. The zero-order valence-corrected chi connectivity index (χ0v) is 12.1. The quantitative estimate of drug-likeness (QED) is 0.771. The van der Waals surface area contributed by atoms with Crippen molar-refractivity contribution >= 4 is 17.5 Å². The van der Waals surface area contributed by atoms with Crippen molar-refractivity contribution in [1.82, 2.24) is 10.2 Å². The summed E-state index contributed by atoms with van der Waals surface area (Å²) in [6, 6.07) is 7.56. The fraction of sp³-hybridized carbons (Fsp3) is 0.467. The lowest BCUT2D eigenvalue weighted by Crippen LogP contribution is -2.45. The van der Waals surface area contributed by atoms with Crippen molar-refractivity contribution in [2.45, 2.75) is 13.3 Å². The smallest absolute Gasteiger partial charge is 0.316 e. The van der Waals surface area contributed by atoms with Gasteiger partial charge in [0.2, 0.25) is 0 Å². The molecule has 0 spiro atoms. The molecule has 2 amide bonds. The minimum absolute atomic E-state index is 0.420. The Morgan fingerprint density at radius 1 is 1.15 bits per heavy atom. The van der Waals surface area contributed by atoms with Crippen molar-refractivity contribution in [3.8, 4) is 0 Å². The molecule has 2 rings (SSSR count). The molecule has 1 N–H and O–H groups in total. The summed E-state index contributed by atoms with van der Waals surface area (Å²) < 4.78 is 0. The largest absolute Gasteiger partial charge is 0.333 e. The predicted molar refractivity (Wildman–Crippen MR) is 78.7 cm³/mol. The van der Waals surface area contributed by atoms with E-state index in [0.29, 0.717) is 13.1 Å². The van der Waals surface area contributed by atoms with Gasteiger partial charge in [-0.25, -0.2) is 0 Å². The van der Waals surface area contributed by atoms with Crippen LogP contribution in [0.1, 0.15) is 12.0 Å². The van der Waals surface area contributed by atoms with Gasteiger partial charge in [0.25, 0.3) is 0 Å². The molecule has 0 aromatic heterocycles. The fourth-order valence-corrected chi connectivity index (χ4v) is 2.21. The molecule has 20 heavy (non-hydrogen) atoms. The molecule has 5 heteroatoms. The van der Waals surface area contributed by atoms with Crippen molar-refractivity contribution in [2.75, 3.05) is 38.1 Å². The maximum Gasteiger partial charge on any atom is 0.316 e. The number of aryl methyl sites for hydroxylation is 1. The Morgan fingerprint density at radius 3 is 2.55 bits per heavy atom. The van der Waals surface area contributed by atoms with Crippen molar-refractivity contribution in [2.24, 2.45) is 0 Å². The van der Waals surface area contributed by atoms with Crippen LogP contribution in [0.25, 0.3) is 0 Å². The molecule has 5 nitrogen and oxygen atoms in total. The summed E-state index contributed by atoms with van der Waals surface area (Å²) in [6.07, 6.45) is 0.882. The van der Waals surface area contributed by atoms with Crippen LogP contribution in [0.15, 0.2) is 24.3 Å². The number of benzene rings is 1. The average molecular weight is 275 g/mol. The van der Waals surface area contributed by atoms with E-state index >= 15 is 0 Å². The Morgan fingerprint density at radius 2 is 1.85 bits per heavy atom. The number of likely N-dealkylation sites (N-methyl/N-ethyl adjacent to an activating group) is 1. The predicted octanol–water partition coefficient (Wildman–Crippen LogP) is 0.780. The molecule has 108 valence electrons. The maximum absolute atomic E-state index is 12.3. The summed E-state index contributed by atoms with van der Waals surface area (Å²) in [6.45, 7) is 4.85. The third-order valence-corrected chi connectivity index (χ3v) is 3.54. The number of rotatable bonds is 1. The minimum atomic E-state index is -0.476. The van der Waals surface area contributed by atoms with Crippen molar-refractivity contribution < 1.29 is 9.59 Å². The molecule has 0 saturated carbocycles. The topological polar surface area (TPSA) is 52.7 Å². The molecule has 0 bridgehead atoms. The summed E-state index contributed by atoms with van der Waals surface area (Å²) >= 11 is 0. The van der Waals surface area contributed by atoms with Gasteiger partial charge in [0.15, 0.2) is 0 Å². The highest BCUT2D eigenvalue weighted by molar-refractivity contribution is 6.40. The third kappa shape index (κ3) is 3.36. The summed E-state index contributed by atoms with van der Waals surface area (Å²) in [4.78, 5) is 27.5. The van der Waals surface area contributed by atoms with Crippen LogP contribution in [-0.4, -0.2) is 49.9 Å². The van der Waals surface area contributed by atoms with E-state index in [0.717, 1.165) is 30.8 Å². The van der Waals surface area contributed by atoms with Gasteiger partial charge in [0.05, 0.1) is 0 Å². The minimum Gasteiger partial charge on any atom is -0.333 e. The van der Waals surface area contributed by atoms with Crippen LogP contribution in [0.5, 0.6) is 0 Å². The van der Waals surface area contributed by atoms with E-state index in [1.54, 1.807) is 11.9 Å². The highest BCUT2D eigenvalue weighted by Crippen LogP contribution is 2.14. The van der Waals surface area contributed by atoms with E-state index in [4.69, 9.17) is 0 Å². The highest BCUT2D eigenvalue weighted by atomic mass is 16.2. The van der Waals surface area contributed by atoms with Gasteiger partial charge in [-0.2, -0.15) is 0 Å². The van der Waals surface area contributed by atoms with Crippen LogP contribution < -0.4 is 10.2 Å². The number of nitrogens with one attached hydrogen (secondary N) is 1. The lowest BCUT2D eigenvalue weighted by molar-refractivity contribution is -0.144. The summed E-state index contributed by atoms with van der Waals surface area (Å²) in [5.74, 6) is -0.896. The van der Waals surface area contributed by atoms with Crippen LogP contribution in [0.4, 0.5) is 5.69 Å². The first-order valence-electron chi connectivity index (χ1n) is 6.94. The van der Waals surface area contributed by atoms with E-state index in [-0.39, 0.29) is 0 Å². The van der Waals surface area contributed by atoms with Gasteiger partial charge in [-0.15, -0.1) is 0 Å². The number of hydrogen-bond donors (Lipinski definition) is 1. The van der Waals surface area contributed by atoms with Gasteiger partial charge in [-0.05, 0) is 32.0 Å². The van der Waals surface area contributed by atoms with Gasteiger partial charge in [-0.1, -0.05) is 17.7 Å². The normalized spacial score (nSPS) is 15.6. The highest BCUT2D eigenvalue weighted by Gasteiger charge is 2.26. The Kier molecular flexibility index (Phi) is 4.74. The van der Waals surface area contributed by atoms with E-state index in [2.05, 4.69) is 5.32 Å². The molecule has 1 aromatic rings. The number of amides is 2. The molecule has 0 aliphatic carbocycles. The van der Waals surface area contributed by atoms with Gasteiger partial charge >= 0.3 is 11.8 Å². The van der Waals surface area contributed by atoms with Crippen LogP contribution >= 0.6 is 0 Å². The summed E-state index contributed by atoms with van der Waals surface area (Å²) in [5.41, 5.74) is 1.86. The number of nitrogens with zero attached hydrogens (tertiary/aromatic N) is 2. The molecule has 1 fully saturated rings. The van der Waals surface area contributed by atoms with Gasteiger partial charge < -0.3 is 15.1 Å². The Hall–Kier alpha value is -1.88. The second kappa shape index (κ2) is 6.52. The molecule has 0 radical (unpaired) electrons. The first-order valence-corrected chi connectivity index (χ1v) is 6.94. The summed E-state index contributed by atoms with van der Waals surface area (Å²) in [5, 5.41) is 3.22.